The summed E-state index contributed by atoms with van der Waals surface area (Å²) < 4.78 is 7.54. The van der Waals surface area contributed by atoms with E-state index in [9.17, 15) is 0 Å². The van der Waals surface area contributed by atoms with Crippen molar-refractivity contribution in [3.63, 3.8) is 0 Å². The van der Waals surface area contributed by atoms with E-state index >= 15 is 0 Å². The number of nitrogens with one attached hydrogen (secondary N) is 1. The van der Waals surface area contributed by atoms with E-state index < -0.39 is 0 Å². The SMILES string of the molecule is CCn1nc(CNC2(C)CCOC2)c2ccccc21. The monoisotopic (exact) mass is 259 g/mol. The summed E-state index contributed by atoms with van der Waals surface area (Å²) in [5, 5.41) is 9.57. The van der Waals surface area contributed by atoms with E-state index in [0.717, 1.165) is 38.4 Å². The molecule has 0 spiro atoms. The van der Waals surface area contributed by atoms with Crippen molar-refractivity contribution in [3.05, 3.63) is 30.0 Å². The molecule has 1 aromatic heterocycles. The lowest BCUT2D eigenvalue weighted by atomic mass is 10.0. The number of aromatic nitrogens is 2. The van der Waals surface area contributed by atoms with E-state index in [1.165, 1.54) is 10.9 Å². The van der Waals surface area contributed by atoms with E-state index in [2.05, 4.69) is 48.1 Å². The van der Waals surface area contributed by atoms with Gasteiger partial charge in [0.2, 0.25) is 0 Å². The molecule has 2 heterocycles. The first kappa shape index (κ1) is 12.6. The van der Waals surface area contributed by atoms with Gasteiger partial charge in [0.15, 0.2) is 0 Å². The molecule has 4 nitrogen and oxygen atoms in total. The first-order chi connectivity index (χ1) is 9.22. The summed E-state index contributed by atoms with van der Waals surface area (Å²) in [6.07, 6.45) is 1.07. The third-order valence-corrected chi connectivity index (χ3v) is 3.94. The van der Waals surface area contributed by atoms with Crippen LogP contribution in [-0.4, -0.2) is 28.5 Å². The molecule has 1 unspecified atom stereocenters. The molecule has 0 bridgehead atoms. The second kappa shape index (κ2) is 4.94. The smallest absolute Gasteiger partial charge is 0.0841 e. The van der Waals surface area contributed by atoms with Crippen LogP contribution in [0.2, 0.25) is 0 Å². The highest BCUT2D eigenvalue weighted by atomic mass is 16.5. The molecular formula is C15H21N3O. The van der Waals surface area contributed by atoms with Gasteiger partial charge in [-0.3, -0.25) is 4.68 Å². The molecule has 1 N–H and O–H groups in total. The van der Waals surface area contributed by atoms with Gasteiger partial charge in [0, 0.05) is 30.6 Å². The first-order valence-corrected chi connectivity index (χ1v) is 6.99. The van der Waals surface area contributed by atoms with Crippen molar-refractivity contribution in [3.8, 4) is 0 Å². The fourth-order valence-corrected chi connectivity index (χ4v) is 2.67. The maximum Gasteiger partial charge on any atom is 0.0841 e. The molecule has 1 saturated heterocycles. The van der Waals surface area contributed by atoms with Crippen LogP contribution in [0.15, 0.2) is 24.3 Å². The number of hydrogen-bond acceptors (Lipinski definition) is 3. The Balaban J connectivity index is 1.84. The van der Waals surface area contributed by atoms with Gasteiger partial charge in [0.05, 0.1) is 17.8 Å². The Morgan fingerprint density at radius 1 is 1.42 bits per heavy atom. The molecule has 0 amide bonds. The summed E-state index contributed by atoms with van der Waals surface area (Å²) in [5.41, 5.74) is 2.44. The predicted molar refractivity (Wildman–Crippen MR) is 76.1 cm³/mol. The van der Waals surface area contributed by atoms with Crippen LogP contribution in [0.5, 0.6) is 0 Å². The Bertz CT molecular complexity index is 570. The standard InChI is InChI=1S/C15H21N3O/c1-3-18-14-7-5-4-6-12(14)13(17-18)10-16-15(2)8-9-19-11-15/h4-7,16H,3,8-11H2,1-2H3. The molecular weight excluding hydrogens is 238 g/mol. The zero-order chi connectivity index (χ0) is 13.3. The topological polar surface area (TPSA) is 39.1 Å². The van der Waals surface area contributed by atoms with Gasteiger partial charge >= 0.3 is 0 Å². The predicted octanol–water partition coefficient (Wildman–Crippen LogP) is 2.32. The summed E-state index contributed by atoms with van der Waals surface area (Å²) in [7, 11) is 0. The zero-order valence-electron chi connectivity index (χ0n) is 11.6. The molecule has 102 valence electrons. The zero-order valence-corrected chi connectivity index (χ0v) is 11.6. The van der Waals surface area contributed by atoms with Gasteiger partial charge in [-0.2, -0.15) is 5.10 Å². The summed E-state index contributed by atoms with van der Waals surface area (Å²) in [6.45, 7) is 7.70. The minimum absolute atomic E-state index is 0.0943. The Kier molecular flexibility index (Phi) is 3.29. The number of rotatable bonds is 4. The van der Waals surface area contributed by atoms with Crippen molar-refractivity contribution in [1.29, 1.82) is 0 Å². The maximum absolute atomic E-state index is 5.47. The highest BCUT2D eigenvalue weighted by molar-refractivity contribution is 5.81. The second-order valence-electron chi connectivity index (χ2n) is 5.50. The van der Waals surface area contributed by atoms with Gasteiger partial charge in [-0.05, 0) is 26.3 Å². The maximum atomic E-state index is 5.47. The molecule has 0 radical (unpaired) electrons. The summed E-state index contributed by atoms with van der Waals surface area (Å²) in [5.74, 6) is 0. The number of nitrogens with zero attached hydrogens (tertiary/aromatic N) is 2. The average molecular weight is 259 g/mol. The number of benzene rings is 1. The van der Waals surface area contributed by atoms with Gasteiger partial charge in [0.1, 0.15) is 0 Å². The fraction of sp³-hybridized carbons (Fsp3) is 0.533. The fourth-order valence-electron chi connectivity index (χ4n) is 2.67. The van der Waals surface area contributed by atoms with E-state index in [1.54, 1.807) is 0 Å². The van der Waals surface area contributed by atoms with Gasteiger partial charge in [0.25, 0.3) is 0 Å². The van der Waals surface area contributed by atoms with Crippen molar-refractivity contribution in [2.24, 2.45) is 0 Å². The Hall–Kier alpha value is -1.39. The summed E-state index contributed by atoms with van der Waals surface area (Å²) in [6, 6.07) is 8.43. The lowest BCUT2D eigenvalue weighted by Crippen LogP contribution is -2.42. The highest BCUT2D eigenvalue weighted by Gasteiger charge is 2.29. The van der Waals surface area contributed by atoms with Gasteiger partial charge in [-0.1, -0.05) is 18.2 Å². The largest absolute Gasteiger partial charge is 0.379 e. The van der Waals surface area contributed by atoms with E-state index in [1.807, 2.05) is 0 Å². The van der Waals surface area contributed by atoms with Crippen LogP contribution in [0.3, 0.4) is 0 Å². The second-order valence-corrected chi connectivity index (χ2v) is 5.50. The van der Waals surface area contributed by atoms with Crippen LogP contribution in [0.25, 0.3) is 10.9 Å². The van der Waals surface area contributed by atoms with E-state index in [4.69, 9.17) is 9.84 Å². The average Bonchev–Trinajstić information content (AvgIpc) is 3.01. The molecule has 2 aromatic rings. The molecule has 0 saturated carbocycles. The number of aryl methyl sites for hydroxylation is 1. The number of hydrogen-bond donors (Lipinski definition) is 1. The van der Waals surface area contributed by atoms with E-state index in [0.29, 0.717) is 0 Å². The lowest BCUT2D eigenvalue weighted by molar-refractivity contribution is 0.171. The van der Waals surface area contributed by atoms with Crippen LogP contribution in [0, 0.1) is 0 Å². The van der Waals surface area contributed by atoms with Crippen LogP contribution < -0.4 is 5.32 Å². The van der Waals surface area contributed by atoms with Crippen molar-refractivity contribution in [2.75, 3.05) is 13.2 Å². The van der Waals surface area contributed by atoms with Crippen molar-refractivity contribution in [2.45, 2.75) is 38.9 Å². The highest BCUT2D eigenvalue weighted by Crippen LogP contribution is 2.21. The normalized spacial score (nSPS) is 23.3. The Morgan fingerprint density at radius 3 is 3.00 bits per heavy atom. The lowest BCUT2D eigenvalue weighted by Gasteiger charge is -2.22. The molecule has 1 atom stereocenters. The van der Waals surface area contributed by atoms with Crippen molar-refractivity contribution >= 4 is 10.9 Å². The molecule has 0 aliphatic carbocycles. The number of para-hydroxylation sites is 1. The summed E-state index contributed by atoms with van der Waals surface area (Å²) in [4.78, 5) is 0. The molecule has 1 aromatic carbocycles. The Morgan fingerprint density at radius 2 is 2.26 bits per heavy atom. The van der Waals surface area contributed by atoms with Gasteiger partial charge < -0.3 is 10.1 Å². The third-order valence-electron chi connectivity index (χ3n) is 3.94. The van der Waals surface area contributed by atoms with Crippen LogP contribution in [-0.2, 0) is 17.8 Å². The van der Waals surface area contributed by atoms with E-state index in [-0.39, 0.29) is 5.54 Å². The first-order valence-electron chi connectivity index (χ1n) is 6.99. The number of ether oxygens (including phenoxy) is 1. The number of fused-ring (bicyclic) bond motifs is 1. The minimum Gasteiger partial charge on any atom is -0.379 e. The molecule has 1 aliphatic rings. The quantitative estimate of drug-likeness (QED) is 0.916. The summed E-state index contributed by atoms with van der Waals surface area (Å²) >= 11 is 0. The Labute approximate surface area is 113 Å². The van der Waals surface area contributed by atoms with Crippen LogP contribution in [0.4, 0.5) is 0 Å². The molecule has 4 heteroatoms. The third kappa shape index (κ3) is 2.38. The molecule has 19 heavy (non-hydrogen) atoms. The van der Waals surface area contributed by atoms with Crippen LogP contribution >= 0.6 is 0 Å². The van der Waals surface area contributed by atoms with Crippen LogP contribution in [0.1, 0.15) is 26.0 Å². The molecule has 3 rings (SSSR count). The molecule has 1 fully saturated rings. The van der Waals surface area contributed by atoms with Crippen molar-refractivity contribution in [1.82, 2.24) is 15.1 Å². The minimum atomic E-state index is 0.0943. The van der Waals surface area contributed by atoms with Gasteiger partial charge in [-0.15, -0.1) is 0 Å². The van der Waals surface area contributed by atoms with Crippen molar-refractivity contribution < 1.29 is 4.74 Å². The molecule has 1 aliphatic heterocycles. The van der Waals surface area contributed by atoms with Gasteiger partial charge in [-0.25, -0.2) is 0 Å².